The van der Waals surface area contributed by atoms with Crippen molar-refractivity contribution in [1.82, 2.24) is 0 Å². The smallest absolute Gasteiger partial charge is 0.372 e. The van der Waals surface area contributed by atoms with Crippen LogP contribution in [0.2, 0.25) is 0 Å². The molecule has 1 aliphatic rings. The summed E-state index contributed by atoms with van der Waals surface area (Å²) in [4.78, 5) is 10.6. The molecule has 12 heavy (non-hydrogen) atoms. The summed E-state index contributed by atoms with van der Waals surface area (Å²) in [5, 5.41) is 8.65. The van der Waals surface area contributed by atoms with Crippen LogP contribution in [-0.2, 0) is 11.2 Å². The molecule has 4 heteroatoms. The lowest BCUT2D eigenvalue weighted by atomic mass is 10.1. The molecule has 2 heterocycles. The van der Waals surface area contributed by atoms with Crippen molar-refractivity contribution in [2.75, 3.05) is 6.61 Å². The Labute approximate surface area is 68.7 Å². The normalized spacial score (nSPS) is 20.8. The number of aromatic carboxylic acids is 1. The Kier molecular flexibility index (Phi) is 1.62. The number of epoxide rings is 1. The van der Waals surface area contributed by atoms with Gasteiger partial charge in [0.2, 0.25) is 5.76 Å². The molecule has 1 N–H and O–H groups in total. The lowest BCUT2D eigenvalue weighted by Crippen LogP contribution is -2.01. The SMILES string of the molecule is O=C(O)c1occc1CC1CO1. The number of hydrogen-bond acceptors (Lipinski definition) is 3. The van der Waals surface area contributed by atoms with Crippen LogP contribution in [-0.4, -0.2) is 23.8 Å². The Morgan fingerprint density at radius 2 is 2.50 bits per heavy atom. The molecule has 4 nitrogen and oxygen atoms in total. The summed E-state index contributed by atoms with van der Waals surface area (Å²) in [6.07, 6.45) is 2.22. The molecule has 0 saturated carbocycles. The maximum Gasteiger partial charge on any atom is 0.372 e. The fourth-order valence-electron chi connectivity index (χ4n) is 1.12. The molecule has 0 aromatic carbocycles. The van der Waals surface area contributed by atoms with Gasteiger partial charge < -0.3 is 14.3 Å². The summed E-state index contributed by atoms with van der Waals surface area (Å²) in [6.45, 7) is 0.726. The van der Waals surface area contributed by atoms with Gasteiger partial charge in [-0.05, 0) is 6.07 Å². The number of carboxylic acid groups (broad SMARTS) is 1. The van der Waals surface area contributed by atoms with E-state index in [-0.39, 0.29) is 11.9 Å². The summed E-state index contributed by atoms with van der Waals surface area (Å²) in [5.74, 6) is -0.985. The van der Waals surface area contributed by atoms with Gasteiger partial charge in [-0.2, -0.15) is 0 Å². The van der Waals surface area contributed by atoms with E-state index in [9.17, 15) is 4.79 Å². The molecule has 64 valence electrons. The van der Waals surface area contributed by atoms with Crippen LogP contribution in [0, 0.1) is 0 Å². The minimum atomic E-state index is -1.02. The fraction of sp³-hybridized carbons (Fsp3) is 0.375. The number of rotatable bonds is 3. The third-order valence-corrected chi connectivity index (χ3v) is 1.79. The molecule has 1 saturated heterocycles. The summed E-state index contributed by atoms with van der Waals surface area (Å²) in [7, 11) is 0. The van der Waals surface area contributed by atoms with Gasteiger partial charge in [0.25, 0.3) is 0 Å². The highest BCUT2D eigenvalue weighted by Gasteiger charge is 2.26. The lowest BCUT2D eigenvalue weighted by Gasteiger charge is -1.93. The highest BCUT2D eigenvalue weighted by Crippen LogP contribution is 2.19. The van der Waals surface area contributed by atoms with E-state index in [0.717, 1.165) is 6.61 Å². The zero-order valence-corrected chi connectivity index (χ0v) is 6.32. The quantitative estimate of drug-likeness (QED) is 0.681. The highest BCUT2D eigenvalue weighted by atomic mass is 16.6. The van der Waals surface area contributed by atoms with Crippen molar-refractivity contribution in [2.24, 2.45) is 0 Å². The number of hydrogen-bond donors (Lipinski definition) is 1. The Morgan fingerprint density at radius 3 is 3.08 bits per heavy atom. The Hall–Kier alpha value is -1.29. The Morgan fingerprint density at radius 1 is 1.75 bits per heavy atom. The maximum absolute atomic E-state index is 10.6. The molecule has 1 fully saturated rings. The summed E-state index contributed by atoms with van der Waals surface area (Å²) < 4.78 is 9.78. The van der Waals surface area contributed by atoms with Crippen molar-refractivity contribution in [2.45, 2.75) is 12.5 Å². The minimum Gasteiger partial charge on any atom is -0.475 e. The van der Waals surface area contributed by atoms with E-state index in [1.807, 2.05) is 0 Å². The Bertz CT molecular complexity index is 298. The van der Waals surface area contributed by atoms with Crippen molar-refractivity contribution in [3.63, 3.8) is 0 Å². The number of ether oxygens (including phenoxy) is 1. The van der Waals surface area contributed by atoms with Gasteiger partial charge in [0.1, 0.15) is 0 Å². The summed E-state index contributed by atoms with van der Waals surface area (Å²) in [5.41, 5.74) is 0.713. The molecule has 0 aliphatic carbocycles. The Balaban J connectivity index is 2.17. The molecular weight excluding hydrogens is 160 g/mol. The second-order valence-electron chi connectivity index (χ2n) is 2.74. The molecule has 2 rings (SSSR count). The van der Waals surface area contributed by atoms with Crippen molar-refractivity contribution in [3.05, 3.63) is 23.7 Å². The lowest BCUT2D eigenvalue weighted by molar-refractivity contribution is 0.0660. The molecule has 0 radical (unpaired) electrons. The van der Waals surface area contributed by atoms with Crippen LogP contribution in [0.3, 0.4) is 0 Å². The maximum atomic E-state index is 10.6. The van der Waals surface area contributed by atoms with Crippen molar-refractivity contribution in [1.29, 1.82) is 0 Å². The first kappa shape index (κ1) is 7.36. The fourth-order valence-corrected chi connectivity index (χ4v) is 1.12. The standard InChI is InChI=1S/C8H8O4/c9-8(10)7-5(1-2-11-7)3-6-4-12-6/h1-2,6H,3-4H2,(H,9,10). The van der Waals surface area contributed by atoms with E-state index in [4.69, 9.17) is 14.3 Å². The van der Waals surface area contributed by atoms with Gasteiger partial charge >= 0.3 is 5.97 Å². The molecule has 1 unspecified atom stereocenters. The molecule has 1 aromatic rings. The zero-order chi connectivity index (χ0) is 8.55. The van der Waals surface area contributed by atoms with Crippen molar-refractivity contribution < 1.29 is 19.1 Å². The second-order valence-corrected chi connectivity index (χ2v) is 2.74. The molecular formula is C8H8O4. The zero-order valence-electron chi connectivity index (χ0n) is 6.32. The number of carbonyl (C=O) groups is 1. The molecule has 0 bridgehead atoms. The summed E-state index contributed by atoms with van der Waals surface area (Å²) in [6, 6.07) is 1.67. The first-order chi connectivity index (χ1) is 5.77. The molecule has 1 atom stereocenters. The first-order valence-electron chi connectivity index (χ1n) is 3.68. The van der Waals surface area contributed by atoms with Gasteiger partial charge in [0.05, 0.1) is 19.0 Å². The molecule has 0 spiro atoms. The third kappa shape index (κ3) is 1.33. The largest absolute Gasteiger partial charge is 0.475 e. The van der Waals surface area contributed by atoms with Crippen LogP contribution in [0.4, 0.5) is 0 Å². The van der Waals surface area contributed by atoms with Crippen LogP contribution in [0.15, 0.2) is 16.7 Å². The molecule has 0 amide bonds. The van der Waals surface area contributed by atoms with Crippen molar-refractivity contribution in [3.8, 4) is 0 Å². The first-order valence-corrected chi connectivity index (χ1v) is 3.68. The van der Waals surface area contributed by atoms with Crippen LogP contribution in [0.25, 0.3) is 0 Å². The van der Waals surface area contributed by atoms with Gasteiger partial charge in [-0.15, -0.1) is 0 Å². The van der Waals surface area contributed by atoms with Crippen molar-refractivity contribution >= 4 is 5.97 Å². The number of furan rings is 1. The van der Waals surface area contributed by atoms with Crippen LogP contribution >= 0.6 is 0 Å². The van der Waals surface area contributed by atoms with Gasteiger partial charge in [-0.25, -0.2) is 4.79 Å². The van der Waals surface area contributed by atoms with E-state index < -0.39 is 5.97 Å². The highest BCUT2D eigenvalue weighted by molar-refractivity contribution is 5.86. The van der Waals surface area contributed by atoms with Crippen LogP contribution in [0.5, 0.6) is 0 Å². The van der Waals surface area contributed by atoms with Gasteiger partial charge in [0, 0.05) is 12.0 Å². The average molecular weight is 168 g/mol. The predicted molar refractivity (Wildman–Crippen MR) is 39.1 cm³/mol. The monoisotopic (exact) mass is 168 g/mol. The molecule has 1 aromatic heterocycles. The number of carboxylic acids is 1. The summed E-state index contributed by atoms with van der Waals surface area (Å²) >= 11 is 0. The van der Waals surface area contributed by atoms with Crippen LogP contribution in [0.1, 0.15) is 16.1 Å². The van der Waals surface area contributed by atoms with E-state index in [1.165, 1.54) is 6.26 Å². The average Bonchev–Trinajstić information content (AvgIpc) is 2.66. The second kappa shape index (κ2) is 2.64. The third-order valence-electron chi connectivity index (χ3n) is 1.79. The van der Waals surface area contributed by atoms with Gasteiger partial charge in [-0.3, -0.25) is 0 Å². The van der Waals surface area contributed by atoms with E-state index >= 15 is 0 Å². The predicted octanol–water partition coefficient (Wildman–Crippen LogP) is 0.919. The van der Waals surface area contributed by atoms with Gasteiger partial charge in [-0.1, -0.05) is 0 Å². The minimum absolute atomic E-state index is 0.0329. The molecule has 1 aliphatic heterocycles. The van der Waals surface area contributed by atoms with Gasteiger partial charge in [0.15, 0.2) is 0 Å². The van der Waals surface area contributed by atoms with E-state index in [0.29, 0.717) is 12.0 Å². The van der Waals surface area contributed by atoms with Crippen LogP contribution < -0.4 is 0 Å². The topological polar surface area (TPSA) is 63.0 Å². The van der Waals surface area contributed by atoms with E-state index in [1.54, 1.807) is 6.07 Å². The van der Waals surface area contributed by atoms with E-state index in [2.05, 4.69) is 0 Å².